The van der Waals surface area contributed by atoms with Crippen molar-refractivity contribution < 1.29 is 4.79 Å². The van der Waals surface area contributed by atoms with E-state index in [4.69, 9.17) is 0 Å². The molecule has 0 atom stereocenters. The summed E-state index contributed by atoms with van der Waals surface area (Å²) in [5.41, 5.74) is 1.77. The van der Waals surface area contributed by atoms with Crippen LogP contribution in [0.3, 0.4) is 0 Å². The van der Waals surface area contributed by atoms with Crippen LogP contribution in [0.5, 0.6) is 0 Å². The number of carbonyl (C=O) groups is 1. The maximum atomic E-state index is 12.2. The highest BCUT2D eigenvalue weighted by molar-refractivity contribution is 7.98. The lowest BCUT2D eigenvalue weighted by Crippen LogP contribution is -2.24. The average Bonchev–Trinajstić information content (AvgIpc) is 3.02. The Labute approximate surface area is 140 Å². The third-order valence-corrected chi connectivity index (χ3v) is 5.28. The largest absolute Gasteiger partial charge is 0.352 e. The van der Waals surface area contributed by atoms with Crippen molar-refractivity contribution in [2.45, 2.75) is 26.2 Å². The van der Waals surface area contributed by atoms with Gasteiger partial charge in [0, 0.05) is 24.2 Å². The Balaban J connectivity index is 2.07. The Morgan fingerprint density at radius 2 is 2.23 bits per heavy atom. The molecular formula is C17H22N2OS2. The zero-order valence-corrected chi connectivity index (χ0v) is 14.9. The summed E-state index contributed by atoms with van der Waals surface area (Å²) in [6.07, 6.45) is 4.97. The van der Waals surface area contributed by atoms with Gasteiger partial charge >= 0.3 is 0 Å². The van der Waals surface area contributed by atoms with Crippen LogP contribution in [0.2, 0.25) is 0 Å². The second-order valence-corrected chi connectivity index (χ2v) is 7.45. The molecule has 0 unspecified atom stereocenters. The molecule has 1 heterocycles. The van der Waals surface area contributed by atoms with E-state index < -0.39 is 0 Å². The average molecular weight is 335 g/mol. The number of hydrogen-bond donors (Lipinski definition) is 1. The van der Waals surface area contributed by atoms with Crippen molar-refractivity contribution in [3.63, 3.8) is 0 Å². The molecule has 0 saturated carbocycles. The number of amides is 1. The number of thiazole rings is 1. The quantitative estimate of drug-likeness (QED) is 0.762. The molecule has 0 aliphatic carbocycles. The Morgan fingerprint density at radius 1 is 1.41 bits per heavy atom. The van der Waals surface area contributed by atoms with Gasteiger partial charge in [0.2, 0.25) is 0 Å². The van der Waals surface area contributed by atoms with Crippen molar-refractivity contribution in [2.24, 2.45) is 0 Å². The zero-order valence-electron chi connectivity index (χ0n) is 13.3. The molecule has 22 heavy (non-hydrogen) atoms. The van der Waals surface area contributed by atoms with Gasteiger partial charge in [0.1, 0.15) is 0 Å². The van der Waals surface area contributed by atoms with E-state index in [0.717, 1.165) is 34.2 Å². The SMILES string of the molecule is CSCCCNC(=O)c1cccc(-c2cnc(C(C)C)s2)c1. The lowest BCUT2D eigenvalue weighted by molar-refractivity contribution is 0.0954. The first kappa shape index (κ1) is 17.0. The summed E-state index contributed by atoms with van der Waals surface area (Å²) in [6.45, 7) is 5.00. The number of hydrogen-bond acceptors (Lipinski definition) is 4. The normalized spacial score (nSPS) is 10.9. The summed E-state index contributed by atoms with van der Waals surface area (Å²) in [5.74, 6) is 1.50. The van der Waals surface area contributed by atoms with Crippen LogP contribution in [0.4, 0.5) is 0 Å². The van der Waals surface area contributed by atoms with Crippen LogP contribution < -0.4 is 5.32 Å². The molecule has 1 N–H and O–H groups in total. The summed E-state index contributed by atoms with van der Waals surface area (Å²) in [5, 5.41) is 4.10. The first-order chi connectivity index (χ1) is 10.6. The number of aromatic nitrogens is 1. The standard InChI is InChI=1S/C17H22N2OS2/c1-12(2)17-19-11-15(22-17)13-6-4-7-14(10-13)16(20)18-8-5-9-21-3/h4,6-7,10-12H,5,8-9H2,1-3H3,(H,18,20). The van der Waals surface area contributed by atoms with E-state index in [-0.39, 0.29) is 5.91 Å². The lowest BCUT2D eigenvalue weighted by atomic mass is 10.1. The van der Waals surface area contributed by atoms with Crippen LogP contribution >= 0.6 is 23.1 Å². The van der Waals surface area contributed by atoms with Crippen molar-refractivity contribution in [2.75, 3.05) is 18.6 Å². The number of thioether (sulfide) groups is 1. The van der Waals surface area contributed by atoms with E-state index in [9.17, 15) is 4.79 Å². The number of benzene rings is 1. The Kier molecular flexibility index (Phi) is 6.46. The molecule has 1 amide bonds. The van der Waals surface area contributed by atoms with Crippen LogP contribution in [0, 0.1) is 0 Å². The molecular weight excluding hydrogens is 312 g/mol. The molecule has 2 aromatic rings. The number of nitrogens with zero attached hydrogens (tertiary/aromatic N) is 1. The summed E-state index contributed by atoms with van der Waals surface area (Å²) in [6, 6.07) is 7.77. The van der Waals surface area contributed by atoms with E-state index in [1.165, 1.54) is 0 Å². The van der Waals surface area contributed by atoms with Crippen LogP contribution in [-0.2, 0) is 0 Å². The third kappa shape index (κ3) is 4.58. The molecule has 118 valence electrons. The van der Waals surface area contributed by atoms with Gasteiger partial charge in [-0.2, -0.15) is 11.8 Å². The molecule has 0 aliphatic rings. The minimum atomic E-state index is -0.00319. The van der Waals surface area contributed by atoms with Gasteiger partial charge in [-0.3, -0.25) is 4.79 Å². The van der Waals surface area contributed by atoms with Crippen LogP contribution in [0.25, 0.3) is 10.4 Å². The minimum Gasteiger partial charge on any atom is -0.352 e. The van der Waals surface area contributed by atoms with Gasteiger partial charge < -0.3 is 5.32 Å². The maximum Gasteiger partial charge on any atom is 0.251 e. The zero-order chi connectivity index (χ0) is 15.9. The molecule has 0 radical (unpaired) electrons. The number of rotatable bonds is 7. The minimum absolute atomic E-state index is 0.00319. The van der Waals surface area contributed by atoms with Gasteiger partial charge in [-0.15, -0.1) is 11.3 Å². The highest BCUT2D eigenvalue weighted by Gasteiger charge is 2.10. The van der Waals surface area contributed by atoms with E-state index in [1.54, 1.807) is 23.1 Å². The van der Waals surface area contributed by atoms with Crippen molar-refractivity contribution >= 4 is 29.0 Å². The Morgan fingerprint density at radius 3 is 2.91 bits per heavy atom. The second-order valence-electron chi connectivity index (χ2n) is 5.40. The number of nitrogens with one attached hydrogen (secondary N) is 1. The summed E-state index contributed by atoms with van der Waals surface area (Å²) in [7, 11) is 0. The summed E-state index contributed by atoms with van der Waals surface area (Å²) < 4.78 is 0. The highest BCUT2D eigenvalue weighted by Crippen LogP contribution is 2.30. The molecule has 5 heteroatoms. The molecule has 0 saturated heterocycles. The summed E-state index contributed by atoms with van der Waals surface area (Å²) >= 11 is 3.49. The topological polar surface area (TPSA) is 42.0 Å². The Bertz CT molecular complexity index is 623. The fourth-order valence-electron chi connectivity index (χ4n) is 2.02. The monoisotopic (exact) mass is 334 g/mol. The predicted octanol–water partition coefficient (Wildman–Crippen LogP) is 4.42. The van der Waals surface area contributed by atoms with E-state index >= 15 is 0 Å². The first-order valence-corrected chi connectivity index (χ1v) is 9.66. The molecule has 0 spiro atoms. The molecule has 0 aliphatic heterocycles. The van der Waals surface area contributed by atoms with Gasteiger partial charge in [-0.1, -0.05) is 26.0 Å². The Hall–Kier alpha value is -1.33. The van der Waals surface area contributed by atoms with Crippen molar-refractivity contribution in [1.29, 1.82) is 0 Å². The third-order valence-electron chi connectivity index (χ3n) is 3.24. The highest BCUT2D eigenvalue weighted by atomic mass is 32.2. The molecule has 1 aromatic heterocycles. The van der Waals surface area contributed by atoms with Crippen molar-refractivity contribution in [1.82, 2.24) is 10.3 Å². The fraction of sp³-hybridized carbons (Fsp3) is 0.412. The molecule has 0 fully saturated rings. The smallest absolute Gasteiger partial charge is 0.251 e. The molecule has 3 nitrogen and oxygen atoms in total. The predicted molar refractivity (Wildman–Crippen MR) is 97.0 cm³/mol. The van der Waals surface area contributed by atoms with E-state index in [1.807, 2.05) is 30.5 Å². The van der Waals surface area contributed by atoms with Crippen LogP contribution in [0.1, 0.15) is 41.6 Å². The maximum absolute atomic E-state index is 12.2. The van der Waals surface area contributed by atoms with Gasteiger partial charge in [-0.05, 0) is 36.1 Å². The van der Waals surface area contributed by atoms with Gasteiger partial charge in [0.25, 0.3) is 5.91 Å². The van der Waals surface area contributed by atoms with Crippen LogP contribution in [-0.4, -0.2) is 29.4 Å². The second kappa shape index (κ2) is 8.34. The fourth-order valence-corrected chi connectivity index (χ4v) is 3.37. The molecule has 1 aromatic carbocycles. The van der Waals surface area contributed by atoms with Crippen molar-refractivity contribution in [3.8, 4) is 10.4 Å². The van der Waals surface area contributed by atoms with E-state index in [2.05, 4.69) is 30.4 Å². The summed E-state index contributed by atoms with van der Waals surface area (Å²) in [4.78, 5) is 17.7. The van der Waals surface area contributed by atoms with Gasteiger partial charge in [0.05, 0.1) is 9.88 Å². The first-order valence-electron chi connectivity index (χ1n) is 7.45. The van der Waals surface area contributed by atoms with Gasteiger partial charge in [0.15, 0.2) is 0 Å². The lowest BCUT2D eigenvalue weighted by Gasteiger charge is -2.06. The van der Waals surface area contributed by atoms with E-state index in [0.29, 0.717) is 11.5 Å². The molecule has 2 rings (SSSR count). The van der Waals surface area contributed by atoms with Gasteiger partial charge in [-0.25, -0.2) is 4.98 Å². The van der Waals surface area contributed by atoms with Crippen LogP contribution in [0.15, 0.2) is 30.5 Å². The van der Waals surface area contributed by atoms with Crippen molar-refractivity contribution in [3.05, 3.63) is 41.0 Å². The molecule has 0 bridgehead atoms. The number of carbonyl (C=O) groups excluding carboxylic acids is 1.